The van der Waals surface area contributed by atoms with Crippen LogP contribution in [0.3, 0.4) is 0 Å². The topological polar surface area (TPSA) is 92.4 Å². The van der Waals surface area contributed by atoms with Crippen LogP contribution in [0.4, 0.5) is 0 Å². The summed E-state index contributed by atoms with van der Waals surface area (Å²) in [7, 11) is 0. The van der Waals surface area contributed by atoms with E-state index in [1.54, 1.807) is 17.0 Å². The van der Waals surface area contributed by atoms with Gasteiger partial charge >= 0.3 is 0 Å². The molecule has 2 aromatic carbocycles. The summed E-state index contributed by atoms with van der Waals surface area (Å²) in [5.74, 6) is 0.582. The van der Waals surface area contributed by atoms with Crippen LogP contribution in [0.1, 0.15) is 47.3 Å². The van der Waals surface area contributed by atoms with E-state index in [4.69, 9.17) is 16.3 Å². The zero-order valence-electron chi connectivity index (χ0n) is 18.3. The number of hydrogen-bond donors (Lipinski definition) is 1. The number of nitrogens with zero attached hydrogens (tertiary/aromatic N) is 2. The van der Waals surface area contributed by atoms with Gasteiger partial charge in [-0.25, -0.2) is 4.98 Å². The summed E-state index contributed by atoms with van der Waals surface area (Å²) in [5, 5.41) is 0.557. The highest BCUT2D eigenvalue weighted by Crippen LogP contribution is 2.41. The molecule has 1 amide bonds. The van der Waals surface area contributed by atoms with Gasteiger partial charge in [0.1, 0.15) is 17.0 Å². The van der Waals surface area contributed by atoms with Crippen molar-refractivity contribution < 1.29 is 14.3 Å². The summed E-state index contributed by atoms with van der Waals surface area (Å²) < 4.78 is 6.31. The Morgan fingerprint density at radius 1 is 1.21 bits per heavy atom. The number of piperidine rings is 1. The van der Waals surface area contributed by atoms with Crippen LogP contribution in [0.2, 0.25) is 5.02 Å². The summed E-state index contributed by atoms with van der Waals surface area (Å²) in [4.78, 5) is 46.9. The number of benzene rings is 2. The first-order chi connectivity index (χ1) is 15.8. The molecule has 0 saturated carbocycles. The molecule has 33 heavy (non-hydrogen) atoms. The van der Waals surface area contributed by atoms with Crippen LogP contribution in [-0.2, 0) is 11.2 Å². The molecule has 7 nitrogen and oxygen atoms in total. The lowest BCUT2D eigenvalue weighted by molar-refractivity contribution is -0.134. The number of aromatic amines is 1. The SMILES string of the molecule is Cc1cc2c(cc1Cl)C(=O)CC1(CCN(C(=O)CCc3nc4ccccc4[nH]c3=O)CC1)O2. The van der Waals surface area contributed by atoms with Gasteiger partial charge < -0.3 is 14.6 Å². The van der Waals surface area contributed by atoms with Gasteiger partial charge in [-0.15, -0.1) is 0 Å². The van der Waals surface area contributed by atoms with E-state index in [9.17, 15) is 14.4 Å². The van der Waals surface area contributed by atoms with Crippen molar-refractivity contribution in [1.29, 1.82) is 0 Å². The summed E-state index contributed by atoms with van der Waals surface area (Å²) in [6, 6.07) is 10.8. The van der Waals surface area contributed by atoms with Gasteiger partial charge in [-0.2, -0.15) is 0 Å². The predicted molar refractivity (Wildman–Crippen MR) is 125 cm³/mol. The predicted octanol–water partition coefficient (Wildman–Crippen LogP) is 3.84. The molecule has 170 valence electrons. The molecule has 2 aliphatic heterocycles. The number of ether oxygens (including phenoxy) is 1. The number of nitrogens with one attached hydrogen (secondary N) is 1. The third-order valence-electron chi connectivity index (χ3n) is 6.64. The maximum absolute atomic E-state index is 12.8. The molecule has 1 spiro atoms. The molecule has 0 bridgehead atoms. The molecule has 1 saturated heterocycles. The monoisotopic (exact) mass is 465 g/mol. The molecule has 3 aromatic rings. The molecule has 0 radical (unpaired) electrons. The zero-order valence-corrected chi connectivity index (χ0v) is 19.1. The van der Waals surface area contributed by atoms with Crippen molar-refractivity contribution in [2.24, 2.45) is 0 Å². The van der Waals surface area contributed by atoms with E-state index in [1.165, 1.54) is 0 Å². The highest BCUT2D eigenvalue weighted by atomic mass is 35.5. The molecule has 2 aliphatic rings. The maximum atomic E-state index is 12.8. The van der Waals surface area contributed by atoms with Crippen LogP contribution in [0.25, 0.3) is 11.0 Å². The van der Waals surface area contributed by atoms with E-state index in [-0.39, 0.29) is 36.5 Å². The number of aryl methyl sites for hydroxylation is 2. The van der Waals surface area contributed by atoms with Crippen molar-refractivity contribution >= 4 is 34.3 Å². The molecule has 8 heteroatoms. The number of fused-ring (bicyclic) bond motifs is 2. The molecule has 1 aromatic heterocycles. The quantitative estimate of drug-likeness (QED) is 0.634. The van der Waals surface area contributed by atoms with E-state index in [0.29, 0.717) is 59.0 Å². The number of Topliss-reactive ketones (excluding diaryl/α,β-unsaturated/α-hetero) is 1. The average Bonchev–Trinajstić information content (AvgIpc) is 2.79. The smallest absolute Gasteiger partial charge is 0.270 e. The van der Waals surface area contributed by atoms with Gasteiger partial charge in [0.2, 0.25) is 5.91 Å². The normalized spacial score (nSPS) is 17.2. The summed E-state index contributed by atoms with van der Waals surface area (Å²) in [6.45, 7) is 2.90. The molecule has 5 rings (SSSR count). The number of likely N-dealkylation sites (tertiary alicyclic amines) is 1. The van der Waals surface area contributed by atoms with Gasteiger partial charge in [-0.1, -0.05) is 23.7 Å². The van der Waals surface area contributed by atoms with E-state index >= 15 is 0 Å². The minimum atomic E-state index is -0.585. The molecular weight excluding hydrogens is 442 g/mol. The molecule has 1 N–H and O–H groups in total. The number of carbonyl (C=O) groups is 2. The third-order valence-corrected chi connectivity index (χ3v) is 7.05. The van der Waals surface area contributed by atoms with Gasteiger partial charge in [-0.3, -0.25) is 14.4 Å². The Morgan fingerprint density at radius 3 is 2.76 bits per heavy atom. The Morgan fingerprint density at radius 2 is 1.97 bits per heavy atom. The van der Waals surface area contributed by atoms with Crippen molar-refractivity contribution in [3.8, 4) is 5.75 Å². The second-order valence-electron chi connectivity index (χ2n) is 8.89. The first-order valence-corrected chi connectivity index (χ1v) is 11.5. The first-order valence-electron chi connectivity index (χ1n) is 11.1. The van der Waals surface area contributed by atoms with Crippen molar-refractivity contribution in [3.05, 3.63) is 68.6 Å². The van der Waals surface area contributed by atoms with Crippen LogP contribution in [0, 0.1) is 6.92 Å². The van der Waals surface area contributed by atoms with Crippen LogP contribution < -0.4 is 10.3 Å². The number of carbonyl (C=O) groups excluding carboxylic acids is 2. The number of hydrogen-bond acceptors (Lipinski definition) is 5. The minimum Gasteiger partial charge on any atom is -0.486 e. The Labute approximate surface area is 195 Å². The Hall–Kier alpha value is -3.19. The average molecular weight is 466 g/mol. The van der Waals surface area contributed by atoms with Crippen LogP contribution in [0.15, 0.2) is 41.2 Å². The van der Waals surface area contributed by atoms with Gasteiger partial charge in [-0.05, 0) is 36.8 Å². The lowest BCUT2D eigenvalue weighted by Gasteiger charge is -2.44. The molecule has 0 atom stereocenters. The third kappa shape index (κ3) is 4.13. The maximum Gasteiger partial charge on any atom is 0.270 e. The van der Waals surface area contributed by atoms with Crippen LogP contribution in [-0.4, -0.2) is 45.2 Å². The number of halogens is 1. The zero-order chi connectivity index (χ0) is 23.2. The van der Waals surface area contributed by atoms with Crippen molar-refractivity contribution in [3.63, 3.8) is 0 Å². The fourth-order valence-electron chi connectivity index (χ4n) is 4.68. The summed E-state index contributed by atoms with van der Waals surface area (Å²) in [5.41, 5.74) is 2.30. The molecule has 0 aliphatic carbocycles. The highest BCUT2D eigenvalue weighted by Gasteiger charge is 2.43. The second kappa shape index (κ2) is 8.30. The minimum absolute atomic E-state index is 0.0237. The van der Waals surface area contributed by atoms with Gasteiger partial charge in [0, 0.05) is 43.8 Å². The fourth-order valence-corrected chi connectivity index (χ4v) is 4.84. The Bertz CT molecular complexity index is 1320. The Balaban J connectivity index is 1.23. The van der Waals surface area contributed by atoms with Gasteiger partial charge in [0.15, 0.2) is 5.78 Å². The Kier molecular flexibility index (Phi) is 5.44. The number of ketones is 1. The van der Waals surface area contributed by atoms with Crippen molar-refractivity contribution in [2.75, 3.05) is 13.1 Å². The van der Waals surface area contributed by atoms with Gasteiger partial charge in [0.05, 0.1) is 23.0 Å². The number of rotatable bonds is 3. The van der Waals surface area contributed by atoms with Crippen molar-refractivity contribution in [1.82, 2.24) is 14.9 Å². The van der Waals surface area contributed by atoms with E-state index < -0.39 is 5.60 Å². The number of H-pyrrole nitrogens is 1. The first kappa shape index (κ1) is 21.6. The van der Waals surface area contributed by atoms with Crippen LogP contribution in [0.5, 0.6) is 5.75 Å². The lowest BCUT2D eigenvalue weighted by Crippen LogP contribution is -2.52. The van der Waals surface area contributed by atoms with E-state index in [0.717, 1.165) is 5.56 Å². The molecule has 3 heterocycles. The largest absolute Gasteiger partial charge is 0.486 e. The molecular formula is C25H24ClN3O4. The van der Waals surface area contributed by atoms with E-state index in [2.05, 4.69) is 9.97 Å². The number of amides is 1. The number of para-hydroxylation sites is 2. The molecule has 0 unspecified atom stereocenters. The molecule has 1 fully saturated rings. The van der Waals surface area contributed by atoms with Gasteiger partial charge in [0.25, 0.3) is 5.56 Å². The standard InChI is InChI=1S/C25H24ClN3O4/c1-15-12-22-16(13-17(15)26)21(30)14-25(33-22)8-10-29(11-9-25)23(31)7-6-20-24(32)28-19-5-3-2-4-18(19)27-20/h2-5,12-13H,6-11,14H2,1H3,(H,28,32). The summed E-state index contributed by atoms with van der Waals surface area (Å²) >= 11 is 6.18. The van der Waals surface area contributed by atoms with Crippen molar-refractivity contribution in [2.45, 2.75) is 44.6 Å². The second-order valence-corrected chi connectivity index (χ2v) is 9.30. The fraction of sp³-hybridized carbons (Fsp3) is 0.360. The summed E-state index contributed by atoms with van der Waals surface area (Å²) in [6.07, 6.45) is 1.95. The lowest BCUT2D eigenvalue weighted by atomic mass is 9.82. The number of aromatic nitrogens is 2. The van der Waals surface area contributed by atoms with Crippen LogP contribution >= 0.6 is 11.6 Å². The van der Waals surface area contributed by atoms with E-state index in [1.807, 2.05) is 31.2 Å². The highest BCUT2D eigenvalue weighted by molar-refractivity contribution is 6.31.